The van der Waals surface area contributed by atoms with Gasteiger partial charge in [-0.1, -0.05) is 41.9 Å². The van der Waals surface area contributed by atoms with Gasteiger partial charge in [0.15, 0.2) is 0 Å². The maximum absolute atomic E-state index is 13.1. The molecule has 2 amide bonds. The summed E-state index contributed by atoms with van der Waals surface area (Å²) in [5.74, 6) is -0.665. The number of rotatable bonds is 7. The van der Waals surface area contributed by atoms with Crippen LogP contribution < -0.4 is 10.6 Å². The molecule has 0 saturated heterocycles. The van der Waals surface area contributed by atoms with Crippen molar-refractivity contribution in [1.82, 2.24) is 10.6 Å². The Bertz CT molecular complexity index is 891. The number of benzene rings is 2. The van der Waals surface area contributed by atoms with E-state index >= 15 is 0 Å². The zero-order valence-corrected chi connectivity index (χ0v) is 16.8. The summed E-state index contributed by atoms with van der Waals surface area (Å²) in [6.45, 7) is 0. The van der Waals surface area contributed by atoms with Gasteiger partial charge in [-0.05, 0) is 54.5 Å². The predicted molar refractivity (Wildman–Crippen MR) is 113 cm³/mol. The number of amides is 2. The maximum Gasteiger partial charge on any atom is 0.472 e. The van der Waals surface area contributed by atoms with Gasteiger partial charge in [0, 0.05) is 10.6 Å². The van der Waals surface area contributed by atoms with E-state index in [-0.39, 0.29) is 18.8 Å². The molecule has 1 aliphatic rings. The van der Waals surface area contributed by atoms with E-state index in [2.05, 4.69) is 16.7 Å². The van der Waals surface area contributed by atoms with Crippen LogP contribution in [0.4, 0.5) is 0 Å². The molecule has 0 aromatic heterocycles. The highest BCUT2D eigenvalue weighted by Crippen LogP contribution is 2.28. The third-order valence-corrected chi connectivity index (χ3v) is 5.44. The van der Waals surface area contributed by atoms with Crippen molar-refractivity contribution >= 4 is 30.5 Å². The molecule has 2 aromatic carbocycles. The van der Waals surface area contributed by atoms with Gasteiger partial charge in [-0.15, -0.1) is 0 Å². The summed E-state index contributed by atoms with van der Waals surface area (Å²) in [7, 11) is -1.64. The minimum Gasteiger partial charge on any atom is -0.426 e. The highest BCUT2D eigenvalue weighted by atomic mass is 35.5. The summed E-state index contributed by atoms with van der Waals surface area (Å²) in [5.41, 5.74) is 3.53. The summed E-state index contributed by atoms with van der Waals surface area (Å²) in [4.78, 5) is 25.4. The summed E-state index contributed by atoms with van der Waals surface area (Å²) in [5, 5.41) is 23.7. The van der Waals surface area contributed by atoms with Crippen LogP contribution in [0.2, 0.25) is 5.02 Å². The van der Waals surface area contributed by atoms with Gasteiger partial charge in [-0.25, -0.2) is 0 Å². The van der Waals surface area contributed by atoms with Crippen LogP contribution in [0.25, 0.3) is 0 Å². The van der Waals surface area contributed by atoms with Gasteiger partial charge in [-0.3, -0.25) is 9.59 Å². The number of fused-ring (bicyclic) bond motifs is 1. The summed E-state index contributed by atoms with van der Waals surface area (Å²) < 4.78 is 0. The molecule has 1 atom stereocenters. The molecule has 152 valence electrons. The largest absolute Gasteiger partial charge is 0.472 e. The Kier molecular flexibility index (Phi) is 7.31. The molecule has 0 saturated carbocycles. The minimum atomic E-state index is -1.64. The maximum atomic E-state index is 13.1. The van der Waals surface area contributed by atoms with E-state index in [9.17, 15) is 9.59 Å². The standard InChI is InChI=1S/C21H24BClN2O4/c23-18-11-4-3-9-17(18)19(12-20(26)24-13-22(28)29)25-21(27)16-10-5-7-14-6-1-2-8-15(14)16/h3-5,7,9-11,19,28-29H,1-2,6,8,12-13H2,(H,24,26)(H,25,27). The number of nitrogens with one attached hydrogen (secondary N) is 2. The minimum absolute atomic E-state index is 0.0722. The molecule has 8 heteroatoms. The summed E-state index contributed by atoms with van der Waals surface area (Å²) >= 11 is 6.31. The van der Waals surface area contributed by atoms with Crippen LogP contribution in [0.15, 0.2) is 42.5 Å². The lowest BCUT2D eigenvalue weighted by Crippen LogP contribution is -2.38. The predicted octanol–water partition coefficient (Wildman–Crippen LogP) is 2.21. The number of carbonyl (C=O) groups excluding carboxylic acids is 2. The molecule has 6 nitrogen and oxygen atoms in total. The lowest BCUT2D eigenvalue weighted by molar-refractivity contribution is -0.121. The fraction of sp³-hybridized carbons (Fsp3) is 0.333. The Labute approximate surface area is 175 Å². The van der Waals surface area contributed by atoms with E-state index in [1.165, 1.54) is 5.56 Å². The smallest absolute Gasteiger partial charge is 0.426 e. The van der Waals surface area contributed by atoms with E-state index in [0.29, 0.717) is 16.1 Å². The van der Waals surface area contributed by atoms with Crippen LogP contribution in [0, 0.1) is 0 Å². The van der Waals surface area contributed by atoms with E-state index in [4.69, 9.17) is 21.6 Å². The highest BCUT2D eigenvalue weighted by molar-refractivity contribution is 6.41. The second-order valence-corrected chi connectivity index (χ2v) is 7.59. The molecule has 2 aromatic rings. The molecule has 0 radical (unpaired) electrons. The molecule has 1 aliphatic carbocycles. The number of hydrogen-bond acceptors (Lipinski definition) is 4. The van der Waals surface area contributed by atoms with Crippen LogP contribution >= 0.6 is 11.6 Å². The molecule has 1 unspecified atom stereocenters. The second kappa shape index (κ2) is 9.92. The average molecular weight is 415 g/mol. The monoisotopic (exact) mass is 414 g/mol. The Morgan fingerprint density at radius 1 is 1.07 bits per heavy atom. The van der Waals surface area contributed by atoms with Crippen molar-refractivity contribution in [3.8, 4) is 0 Å². The van der Waals surface area contributed by atoms with Crippen molar-refractivity contribution in [3.05, 3.63) is 69.7 Å². The van der Waals surface area contributed by atoms with Crippen molar-refractivity contribution in [2.45, 2.75) is 38.1 Å². The molecule has 0 fully saturated rings. The van der Waals surface area contributed by atoms with Gasteiger partial charge in [0.1, 0.15) is 0 Å². The Morgan fingerprint density at radius 2 is 1.83 bits per heavy atom. The van der Waals surface area contributed by atoms with E-state index in [0.717, 1.165) is 31.2 Å². The quantitative estimate of drug-likeness (QED) is 0.522. The van der Waals surface area contributed by atoms with Gasteiger partial charge >= 0.3 is 7.12 Å². The van der Waals surface area contributed by atoms with Crippen molar-refractivity contribution < 1.29 is 19.6 Å². The molecule has 0 bridgehead atoms. The van der Waals surface area contributed by atoms with Crippen LogP contribution in [-0.4, -0.2) is 35.4 Å². The van der Waals surface area contributed by atoms with E-state index in [1.807, 2.05) is 12.1 Å². The van der Waals surface area contributed by atoms with Crippen molar-refractivity contribution in [1.29, 1.82) is 0 Å². The first-order valence-electron chi connectivity index (χ1n) is 9.74. The van der Waals surface area contributed by atoms with Gasteiger partial charge in [0.2, 0.25) is 5.91 Å². The van der Waals surface area contributed by atoms with Crippen LogP contribution in [-0.2, 0) is 17.6 Å². The van der Waals surface area contributed by atoms with Crippen molar-refractivity contribution in [3.63, 3.8) is 0 Å². The number of carbonyl (C=O) groups is 2. The fourth-order valence-corrected chi connectivity index (χ4v) is 3.96. The Hall–Kier alpha value is -2.35. The average Bonchev–Trinajstić information content (AvgIpc) is 2.71. The molecule has 0 heterocycles. The van der Waals surface area contributed by atoms with E-state index < -0.39 is 19.1 Å². The first-order valence-corrected chi connectivity index (χ1v) is 10.1. The summed E-state index contributed by atoms with van der Waals surface area (Å²) in [6, 6.07) is 12.2. The Balaban J connectivity index is 1.82. The van der Waals surface area contributed by atoms with E-state index in [1.54, 1.807) is 24.3 Å². The van der Waals surface area contributed by atoms with Gasteiger partial charge in [0.25, 0.3) is 5.91 Å². The first kappa shape index (κ1) is 21.4. The van der Waals surface area contributed by atoms with Gasteiger partial charge in [-0.2, -0.15) is 0 Å². The van der Waals surface area contributed by atoms with Crippen LogP contribution in [0.5, 0.6) is 0 Å². The second-order valence-electron chi connectivity index (χ2n) is 7.19. The molecule has 29 heavy (non-hydrogen) atoms. The molecular formula is C21H24BClN2O4. The van der Waals surface area contributed by atoms with Gasteiger partial charge < -0.3 is 20.7 Å². The molecule has 0 aliphatic heterocycles. The van der Waals surface area contributed by atoms with Crippen molar-refractivity contribution in [2.75, 3.05) is 6.44 Å². The summed E-state index contributed by atoms with van der Waals surface area (Å²) in [6.07, 6.45) is 3.65. The molecule has 4 N–H and O–H groups in total. The molecule has 3 rings (SSSR count). The lowest BCUT2D eigenvalue weighted by Gasteiger charge is -2.23. The first-order chi connectivity index (χ1) is 14.0. The normalized spacial score (nSPS) is 13.9. The van der Waals surface area contributed by atoms with Crippen LogP contribution in [0.3, 0.4) is 0 Å². The zero-order valence-electron chi connectivity index (χ0n) is 16.0. The molecular weight excluding hydrogens is 391 g/mol. The highest BCUT2D eigenvalue weighted by Gasteiger charge is 2.24. The Morgan fingerprint density at radius 3 is 2.59 bits per heavy atom. The van der Waals surface area contributed by atoms with Crippen LogP contribution in [0.1, 0.15) is 52.4 Å². The third-order valence-electron chi connectivity index (χ3n) is 5.10. The number of hydrogen-bond donors (Lipinski definition) is 4. The van der Waals surface area contributed by atoms with Gasteiger partial charge in [0.05, 0.1) is 18.9 Å². The topological polar surface area (TPSA) is 98.7 Å². The fourth-order valence-electron chi connectivity index (χ4n) is 3.69. The number of aryl methyl sites for hydroxylation is 1. The van der Waals surface area contributed by atoms with Crippen molar-refractivity contribution in [2.24, 2.45) is 0 Å². The third kappa shape index (κ3) is 5.59. The zero-order chi connectivity index (χ0) is 20.8. The number of halogens is 1. The lowest BCUT2D eigenvalue weighted by atomic mass is 9.88. The molecule has 0 spiro atoms. The SMILES string of the molecule is O=C(CC(NC(=O)c1cccc2c1CCCC2)c1ccccc1Cl)NCB(O)O.